The van der Waals surface area contributed by atoms with E-state index in [1.54, 1.807) is 6.20 Å². The predicted molar refractivity (Wildman–Crippen MR) is 78.4 cm³/mol. The van der Waals surface area contributed by atoms with Gasteiger partial charge in [-0.3, -0.25) is 9.78 Å². The van der Waals surface area contributed by atoms with Crippen LogP contribution in [0.15, 0.2) is 48.8 Å². The van der Waals surface area contributed by atoms with Crippen LogP contribution in [-0.4, -0.2) is 22.3 Å². The summed E-state index contributed by atoms with van der Waals surface area (Å²) >= 11 is 0. The molecule has 1 aromatic heterocycles. The standard InChI is InChI=1S/C17H18N2O/c1-13-6-8-14(9-7-13)17(20)19-11-3-5-16(19)15-4-2-10-18-12-15/h2,4,6-10,12,16H,3,5,11H2,1H3. The van der Waals surface area contributed by atoms with Crippen molar-refractivity contribution in [3.05, 3.63) is 65.5 Å². The number of hydrogen-bond acceptors (Lipinski definition) is 2. The number of aryl methyl sites for hydroxylation is 1. The quantitative estimate of drug-likeness (QED) is 0.835. The van der Waals surface area contributed by atoms with Gasteiger partial charge in [0.25, 0.3) is 5.91 Å². The molecule has 1 aromatic carbocycles. The first-order chi connectivity index (χ1) is 9.75. The molecular formula is C17H18N2O. The van der Waals surface area contributed by atoms with Crippen molar-refractivity contribution in [3.63, 3.8) is 0 Å². The Hall–Kier alpha value is -2.16. The highest BCUT2D eigenvalue weighted by Gasteiger charge is 2.30. The third-order valence-corrected chi connectivity index (χ3v) is 3.88. The van der Waals surface area contributed by atoms with E-state index in [4.69, 9.17) is 0 Å². The number of carbonyl (C=O) groups is 1. The average Bonchev–Trinajstić information content (AvgIpc) is 2.97. The maximum atomic E-state index is 12.6. The zero-order valence-electron chi connectivity index (χ0n) is 11.6. The smallest absolute Gasteiger partial charge is 0.254 e. The van der Waals surface area contributed by atoms with Crippen molar-refractivity contribution in [1.29, 1.82) is 0 Å². The molecule has 0 spiro atoms. The molecule has 20 heavy (non-hydrogen) atoms. The number of rotatable bonds is 2. The van der Waals surface area contributed by atoms with Crippen LogP contribution in [0.4, 0.5) is 0 Å². The first-order valence-electron chi connectivity index (χ1n) is 7.03. The third-order valence-electron chi connectivity index (χ3n) is 3.88. The summed E-state index contributed by atoms with van der Waals surface area (Å²) in [5.41, 5.74) is 3.07. The van der Waals surface area contributed by atoms with Gasteiger partial charge in [0, 0.05) is 24.5 Å². The van der Waals surface area contributed by atoms with Crippen molar-refractivity contribution in [3.8, 4) is 0 Å². The molecule has 3 nitrogen and oxygen atoms in total. The number of hydrogen-bond donors (Lipinski definition) is 0. The fourth-order valence-electron chi connectivity index (χ4n) is 2.79. The second-order valence-corrected chi connectivity index (χ2v) is 5.31. The normalized spacial score (nSPS) is 18.2. The highest BCUT2D eigenvalue weighted by molar-refractivity contribution is 5.94. The Bertz CT molecular complexity index is 592. The van der Waals surface area contributed by atoms with Crippen LogP contribution < -0.4 is 0 Å². The monoisotopic (exact) mass is 266 g/mol. The Balaban J connectivity index is 1.85. The topological polar surface area (TPSA) is 33.2 Å². The lowest BCUT2D eigenvalue weighted by atomic mass is 10.1. The van der Waals surface area contributed by atoms with Crippen LogP contribution in [0.1, 0.15) is 40.4 Å². The molecule has 1 unspecified atom stereocenters. The third kappa shape index (κ3) is 2.44. The number of pyridine rings is 1. The van der Waals surface area contributed by atoms with Crippen molar-refractivity contribution in [1.82, 2.24) is 9.88 Å². The summed E-state index contributed by atoms with van der Waals surface area (Å²) < 4.78 is 0. The molecule has 0 saturated carbocycles. The average molecular weight is 266 g/mol. The molecule has 102 valence electrons. The minimum atomic E-state index is 0.122. The molecule has 0 radical (unpaired) electrons. The Morgan fingerprint density at radius 1 is 1.25 bits per heavy atom. The van der Waals surface area contributed by atoms with E-state index < -0.39 is 0 Å². The summed E-state index contributed by atoms with van der Waals surface area (Å²) in [6.45, 7) is 2.86. The van der Waals surface area contributed by atoms with Crippen LogP contribution in [0.3, 0.4) is 0 Å². The van der Waals surface area contributed by atoms with E-state index in [0.29, 0.717) is 0 Å². The van der Waals surface area contributed by atoms with Crippen molar-refractivity contribution in [2.24, 2.45) is 0 Å². The molecule has 1 amide bonds. The maximum absolute atomic E-state index is 12.6. The van der Waals surface area contributed by atoms with Crippen molar-refractivity contribution in [2.45, 2.75) is 25.8 Å². The highest BCUT2D eigenvalue weighted by Crippen LogP contribution is 2.32. The molecule has 1 aliphatic heterocycles. The summed E-state index contributed by atoms with van der Waals surface area (Å²) in [5, 5.41) is 0. The van der Waals surface area contributed by atoms with E-state index in [1.165, 1.54) is 5.56 Å². The van der Waals surface area contributed by atoms with Crippen molar-refractivity contribution in [2.75, 3.05) is 6.54 Å². The van der Waals surface area contributed by atoms with E-state index in [2.05, 4.69) is 11.1 Å². The van der Waals surface area contributed by atoms with Crippen LogP contribution >= 0.6 is 0 Å². The second-order valence-electron chi connectivity index (χ2n) is 5.31. The van der Waals surface area contributed by atoms with Crippen molar-refractivity contribution >= 4 is 5.91 Å². The van der Waals surface area contributed by atoms with Gasteiger partial charge in [-0.1, -0.05) is 23.8 Å². The minimum absolute atomic E-state index is 0.122. The van der Waals surface area contributed by atoms with Crippen LogP contribution in [0, 0.1) is 6.92 Å². The molecule has 0 aliphatic carbocycles. The number of likely N-dealkylation sites (tertiary alicyclic amines) is 1. The SMILES string of the molecule is Cc1ccc(C(=O)N2CCCC2c2cccnc2)cc1. The Labute approximate surface area is 119 Å². The largest absolute Gasteiger partial charge is 0.332 e. The molecular weight excluding hydrogens is 248 g/mol. The second kappa shape index (κ2) is 5.45. The van der Waals surface area contributed by atoms with E-state index in [0.717, 1.165) is 30.5 Å². The highest BCUT2D eigenvalue weighted by atomic mass is 16.2. The van der Waals surface area contributed by atoms with Crippen LogP contribution in [0.5, 0.6) is 0 Å². The lowest BCUT2D eigenvalue weighted by Gasteiger charge is -2.25. The molecule has 3 heteroatoms. The maximum Gasteiger partial charge on any atom is 0.254 e. The lowest BCUT2D eigenvalue weighted by molar-refractivity contribution is 0.0735. The van der Waals surface area contributed by atoms with Crippen LogP contribution in [0.25, 0.3) is 0 Å². The summed E-state index contributed by atoms with van der Waals surface area (Å²) in [7, 11) is 0. The van der Waals surface area contributed by atoms with Gasteiger partial charge in [0.15, 0.2) is 0 Å². The molecule has 1 aliphatic rings. The van der Waals surface area contributed by atoms with E-state index in [-0.39, 0.29) is 11.9 Å². The summed E-state index contributed by atoms with van der Waals surface area (Å²) in [6, 6.07) is 12.0. The first kappa shape index (κ1) is 12.9. The molecule has 1 saturated heterocycles. The Morgan fingerprint density at radius 3 is 2.75 bits per heavy atom. The minimum Gasteiger partial charge on any atom is -0.332 e. The number of amides is 1. The van der Waals surface area contributed by atoms with E-state index in [1.807, 2.05) is 48.4 Å². The summed E-state index contributed by atoms with van der Waals surface area (Å²) in [4.78, 5) is 18.8. The van der Waals surface area contributed by atoms with Crippen LogP contribution in [-0.2, 0) is 0 Å². The van der Waals surface area contributed by atoms with E-state index in [9.17, 15) is 4.79 Å². The molecule has 0 N–H and O–H groups in total. The van der Waals surface area contributed by atoms with Gasteiger partial charge >= 0.3 is 0 Å². The van der Waals surface area contributed by atoms with Crippen molar-refractivity contribution < 1.29 is 4.79 Å². The van der Waals surface area contributed by atoms with Gasteiger partial charge in [-0.2, -0.15) is 0 Å². The Morgan fingerprint density at radius 2 is 2.05 bits per heavy atom. The number of benzene rings is 1. The van der Waals surface area contributed by atoms with Gasteiger partial charge in [0.05, 0.1) is 6.04 Å². The Kier molecular flexibility index (Phi) is 3.50. The zero-order chi connectivity index (χ0) is 13.9. The molecule has 2 heterocycles. The number of aromatic nitrogens is 1. The summed E-state index contributed by atoms with van der Waals surface area (Å²) in [5.74, 6) is 0.122. The molecule has 3 rings (SSSR count). The van der Waals surface area contributed by atoms with E-state index >= 15 is 0 Å². The predicted octanol–water partition coefficient (Wildman–Crippen LogP) is 3.37. The fourth-order valence-corrected chi connectivity index (χ4v) is 2.79. The van der Waals surface area contributed by atoms with Gasteiger partial charge in [0.2, 0.25) is 0 Å². The summed E-state index contributed by atoms with van der Waals surface area (Å²) in [6.07, 6.45) is 5.70. The lowest BCUT2D eigenvalue weighted by Crippen LogP contribution is -2.30. The molecule has 1 fully saturated rings. The number of nitrogens with zero attached hydrogens (tertiary/aromatic N) is 2. The van der Waals surface area contributed by atoms with Gasteiger partial charge in [-0.05, 0) is 43.5 Å². The number of carbonyl (C=O) groups excluding carboxylic acids is 1. The van der Waals surface area contributed by atoms with Gasteiger partial charge in [-0.25, -0.2) is 0 Å². The molecule has 1 atom stereocenters. The van der Waals surface area contributed by atoms with Gasteiger partial charge in [-0.15, -0.1) is 0 Å². The van der Waals surface area contributed by atoms with Crippen LogP contribution in [0.2, 0.25) is 0 Å². The first-order valence-corrected chi connectivity index (χ1v) is 7.03. The fraction of sp³-hybridized carbons (Fsp3) is 0.294. The zero-order valence-corrected chi connectivity index (χ0v) is 11.6. The van der Waals surface area contributed by atoms with Gasteiger partial charge in [0.1, 0.15) is 0 Å². The van der Waals surface area contributed by atoms with Gasteiger partial charge < -0.3 is 4.90 Å². The molecule has 2 aromatic rings. The molecule has 0 bridgehead atoms.